The molecule has 3 aromatic carbocycles. The summed E-state index contributed by atoms with van der Waals surface area (Å²) < 4.78 is 0. The van der Waals surface area contributed by atoms with E-state index < -0.39 is 4.92 Å². The highest BCUT2D eigenvalue weighted by molar-refractivity contribution is 7.80. The van der Waals surface area contributed by atoms with Gasteiger partial charge in [0, 0.05) is 34.2 Å². The van der Waals surface area contributed by atoms with E-state index >= 15 is 0 Å². The zero-order valence-electron chi connectivity index (χ0n) is 14.1. The highest BCUT2D eigenvalue weighted by Crippen LogP contribution is 2.37. The Hall–Kier alpha value is -3.67. The van der Waals surface area contributed by atoms with Gasteiger partial charge in [0.05, 0.1) is 4.92 Å². The third-order valence-electron chi connectivity index (χ3n) is 4.08. The molecule has 0 atom stereocenters. The summed E-state index contributed by atoms with van der Waals surface area (Å²) in [6.45, 7) is 0. The molecule has 4 nitrogen and oxygen atoms in total. The second-order valence-corrected chi connectivity index (χ2v) is 6.19. The molecule has 0 spiro atoms. The molecule has 0 radical (unpaired) electrons. The first kappa shape index (κ1) is 18.1. The predicted octanol–water partition coefficient (Wildman–Crippen LogP) is 4.47. The van der Waals surface area contributed by atoms with E-state index in [2.05, 4.69) is 30.5 Å². The van der Waals surface area contributed by atoms with Crippen molar-refractivity contribution in [3.63, 3.8) is 0 Å². The third-order valence-corrected chi connectivity index (χ3v) is 4.45. The zero-order chi connectivity index (χ0) is 19.4. The number of hydrogen-bond donors (Lipinski definition) is 2. The van der Waals surface area contributed by atoms with E-state index in [1.165, 1.54) is 12.1 Å². The van der Waals surface area contributed by atoms with Crippen LogP contribution in [0.5, 0.6) is 0 Å². The summed E-state index contributed by atoms with van der Waals surface area (Å²) in [7, 11) is 0. The van der Waals surface area contributed by atoms with Crippen LogP contribution >= 0.6 is 12.6 Å². The molecule has 0 unspecified atom stereocenters. The van der Waals surface area contributed by atoms with Crippen molar-refractivity contribution in [1.82, 2.24) is 0 Å². The largest absolute Gasteiger partial charge is 0.359 e. The predicted molar refractivity (Wildman–Crippen MR) is 110 cm³/mol. The van der Waals surface area contributed by atoms with Crippen molar-refractivity contribution in [3.8, 4) is 46.6 Å². The van der Waals surface area contributed by atoms with Crippen LogP contribution in [0.25, 0.3) is 22.3 Å². The van der Waals surface area contributed by atoms with Crippen molar-refractivity contribution in [1.29, 1.82) is 0 Å². The Kier molecular flexibility index (Phi) is 5.17. The van der Waals surface area contributed by atoms with Crippen LogP contribution in [-0.4, -0.2) is 4.92 Å². The van der Waals surface area contributed by atoms with Crippen LogP contribution in [0, 0.1) is 34.4 Å². The van der Waals surface area contributed by atoms with Gasteiger partial charge in [-0.25, -0.2) is 0 Å². The molecule has 0 aromatic heterocycles. The van der Waals surface area contributed by atoms with Crippen LogP contribution in [0.15, 0.2) is 65.6 Å². The highest BCUT2D eigenvalue weighted by atomic mass is 32.1. The topological polar surface area (TPSA) is 69.2 Å². The fraction of sp³-hybridized carbons (Fsp3) is 0. The Labute approximate surface area is 162 Å². The molecule has 0 heterocycles. The summed E-state index contributed by atoms with van der Waals surface area (Å²) in [6, 6.07) is 20.2. The van der Waals surface area contributed by atoms with Gasteiger partial charge in [0.15, 0.2) is 0 Å². The van der Waals surface area contributed by atoms with E-state index in [1.807, 2.05) is 42.5 Å². The molecular formula is C22H14N2O2S. The molecule has 130 valence electrons. The summed E-state index contributed by atoms with van der Waals surface area (Å²) in [5.41, 5.74) is 10.3. The molecule has 0 saturated carbocycles. The Morgan fingerprint density at radius 2 is 1.59 bits per heavy atom. The molecule has 0 aliphatic carbocycles. The normalized spacial score (nSPS) is 9.78. The smallest absolute Gasteiger partial charge is 0.270 e. The molecule has 3 rings (SSSR count). The maximum atomic E-state index is 11.0. The lowest BCUT2D eigenvalue weighted by Crippen LogP contribution is -1.92. The maximum absolute atomic E-state index is 11.0. The average Bonchev–Trinajstić information content (AvgIpc) is 2.68. The van der Waals surface area contributed by atoms with Crippen LogP contribution in [0.3, 0.4) is 0 Å². The number of benzene rings is 3. The van der Waals surface area contributed by atoms with Crippen LogP contribution in [-0.2, 0) is 0 Å². The number of nitrogens with zero attached hydrogens (tertiary/aromatic N) is 1. The fourth-order valence-electron chi connectivity index (χ4n) is 2.79. The van der Waals surface area contributed by atoms with Gasteiger partial charge in [0.25, 0.3) is 5.69 Å². The highest BCUT2D eigenvalue weighted by Gasteiger charge is 2.14. The van der Waals surface area contributed by atoms with E-state index in [0.29, 0.717) is 4.90 Å². The number of nitro benzene ring substituents is 1. The van der Waals surface area contributed by atoms with E-state index in [4.69, 9.17) is 12.2 Å². The Bertz CT molecular complexity index is 1130. The number of nitrogens with two attached hydrogens (primary N) is 1. The maximum Gasteiger partial charge on any atom is 0.270 e. The first-order valence-corrected chi connectivity index (χ1v) is 8.38. The monoisotopic (exact) mass is 370 g/mol. The van der Waals surface area contributed by atoms with Gasteiger partial charge in [-0.2, -0.15) is 0 Å². The first-order chi connectivity index (χ1) is 13.0. The van der Waals surface area contributed by atoms with Crippen LogP contribution in [0.2, 0.25) is 0 Å². The second-order valence-electron chi connectivity index (χ2n) is 5.71. The quantitative estimate of drug-likeness (QED) is 0.235. The number of hydrogen-bond acceptors (Lipinski definition) is 4. The Morgan fingerprint density at radius 3 is 2.19 bits per heavy atom. The summed E-state index contributed by atoms with van der Waals surface area (Å²) in [5.74, 6) is 5.44. The molecule has 27 heavy (non-hydrogen) atoms. The minimum atomic E-state index is -0.441. The molecular weight excluding hydrogens is 356 g/mol. The Balaban J connectivity index is 2.18. The molecule has 0 fully saturated rings. The molecule has 3 aromatic rings. The van der Waals surface area contributed by atoms with Crippen LogP contribution < -0.4 is 5.73 Å². The molecule has 0 aliphatic rings. The van der Waals surface area contributed by atoms with Gasteiger partial charge in [-0.15, -0.1) is 19.1 Å². The van der Waals surface area contributed by atoms with Gasteiger partial charge in [-0.05, 0) is 58.5 Å². The van der Waals surface area contributed by atoms with Crippen LogP contribution in [0.4, 0.5) is 5.69 Å². The van der Waals surface area contributed by atoms with E-state index in [9.17, 15) is 10.1 Å². The summed E-state index contributed by atoms with van der Waals surface area (Å²) in [4.78, 5) is 11.1. The van der Waals surface area contributed by atoms with Gasteiger partial charge in [-0.3, -0.25) is 10.1 Å². The third kappa shape index (κ3) is 3.79. The lowest BCUT2D eigenvalue weighted by molar-refractivity contribution is -0.385. The molecule has 0 aliphatic heterocycles. The lowest BCUT2D eigenvalue weighted by Gasteiger charge is -2.13. The lowest BCUT2D eigenvalue weighted by atomic mass is 9.92. The summed E-state index contributed by atoms with van der Waals surface area (Å²) >= 11 is 4.45. The summed E-state index contributed by atoms with van der Waals surface area (Å²) in [6.07, 6.45) is 5.56. The standard InChI is InChI=1S/C22H14N2O2S/c1-2-15-5-9-19(20-10-8-18(24(25)26)14-22(20)27)21(13-15)17-6-3-16(4-7-17)11-12-23/h1,3-10,13-14,27H,23H2. The van der Waals surface area contributed by atoms with Crippen molar-refractivity contribution >= 4 is 18.3 Å². The summed E-state index contributed by atoms with van der Waals surface area (Å²) in [5, 5.41) is 11.0. The molecule has 0 saturated heterocycles. The molecule has 2 N–H and O–H groups in total. The van der Waals surface area contributed by atoms with Crippen LogP contribution in [0.1, 0.15) is 11.1 Å². The van der Waals surface area contributed by atoms with Gasteiger partial charge in [0.1, 0.15) is 0 Å². The van der Waals surface area contributed by atoms with E-state index in [1.54, 1.807) is 6.07 Å². The number of terminal acetylenes is 1. The SMILES string of the molecule is C#Cc1ccc(-c2ccc([N+](=O)[O-])cc2S)c(-c2ccc(C#CN)cc2)c1. The number of thiol groups is 1. The average molecular weight is 370 g/mol. The second kappa shape index (κ2) is 7.70. The van der Waals surface area contributed by atoms with E-state index in [0.717, 1.165) is 33.4 Å². The van der Waals surface area contributed by atoms with Gasteiger partial charge >= 0.3 is 0 Å². The van der Waals surface area contributed by atoms with Crippen molar-refractivity contribution in [3.05, 3.63) is 81.9 Å². The van der Waals surface area contributed by atoms with Gasteiger partial charge < -0.3 is 5.73 Å². The van der Waals surface area contributed by atoms with Gasteiger partial charge in [-0.1, -0.05) is 24.1 Å². The Morgan fingerprint density at radius 1 is 0.926 bits per heavy atom. The first-order valence-electron chi connectivity index (χ1n) is 7.94. The van der Waals surface area contributed by atoms with Crippen molar-refractivity contribution in [2.75, 3.05) is 0 Å². The number of nitro groups is 1. The van der Waals surface area contributed by atoms with Gasteiger partial charge in [0.2, 0.25) is 0 Å². The molecule has 0 bridgehead atoms. The minimum Gasteiger partial charge on any atom is -0.359 e. The van der Waals surface area contributed by atoms with Crippen molar-refractivity contribution in [2.45, 2.75) is 4.90 Å². The van der Waals surface area contributed by atoms with Crippen molar-refractivity contribution < 1.29 is 4.92 Å². The molecule has 5 heteroatoms. The van der Waals surface area contributed by atoms with E-state index in [-0.39, 0.29) is 5.69 Å². The van der Waals surface area contributed by atoms with Crippen molar-refractivity contribution in [2.24, 2.45) is 5.73 Å². The number of non-ortho nitro benzene ring substituents is 1. The molecule has 0 amide bonds. The zero-order valence-corrected chi connectivity index (χ0v) is 15.0. The minimum absolute atomic E-state index is 0.00439. The number of rotatable bonds is 3. The fourth-order valence-corrected chi connectivity index (χ4v) is 3.11.